The van der Waals surface area contributed by atoms with E-state index in [1.165, 1.54) is 5.56 Å². The number of hydrogen-bond acceptors (Lipinski definition) is 2. The van der Waals surface area contributed by atoms with Gasteiger partial charge in [0.15, 0.2) is 0 Å². The van der Waals surface area contributed by atoms with Crippen LogP contribution >= 0.6 is 0 Å². The quantitative estimate of drug-likeness (QED) is 0.856. The maximum atomic E-state index is 11.6. The minimum Gasteiger partial charge on any atom is -0.497 e. The highest BCUT2D eigenvalue weighted by Gasteiger charge is 2.44. The lowest BCUT2D eigenvalue weighted by molar-refractivity contribution is 0.237. The highest BCUT2D eigenvalue weighted by molar-refractivity contribution is 5.74. The molecule has 0 atom stereocenters. The Labute approximate surface area is 114 Å². The van der Waals surface area contributed by atoms with Crippen molar-refractivity contribution in [3.8, 4) is 5.75 Å². The lowest BCUT2D eigenvalue weighted by Crippen LogP contribution is -2.42. The zero-order chi connectivity index (χ0) is 13.9. The minimum atomic E-state index is -0.0882. The third-order valence-corrected chi connectivity index (χ3v) is 3.56. The van der Waals surface area contributed by atoms with Crippen molar-refractivity contribution in [2.45, 2.75) is 38.1 Å². The fraction of sp³-hybridized carbons (Fsp3) is 0.533. The molecule has 2 rings (SSSR count). The van der Waals surface area contributed by atoms with Crippen LogP contribution in [0.15, 0.2) is 24.3 Å². The number of nitrogens with one attached hydrogen (secondary N) is 2. The van der Waals surface area contributed by atoms with Gasteiger partial charge in [-0.2, -0.15) is 0 Å². The Hall–Kier alpha value is -1.71. The molecule has 0 radical (unpaired) electrons. The normalized spacial score (nSPS) is 16.0. The average Bonchev–Trinajstić information content (AvgIpc) is 3.17. The van der Waals surface area contributed by atoms with Gasteiger partial charge in [-0.1, -0.05) is 12.1 Å². The van der Waals surface area contributed by atoms with Gasteiger partial charge in [0.05, 0.1) is 7.11 Å². The Morgan fingerprint density at radius 3 is 2.42 bits per heavy atom. The second kappa shape index (κ2) is 5.51. The maximum Gasteiger partial charge on any atom is 0.315 e. The molecule has 1 aliphatic rings. The van der Waals surface area contributed by atoms with Gasteiger partial charge in [-0.3, -0.25) is 0 Å². The van der Waals surface area contributed by atoms with E-state index in [-0.39, 0.29) is 17.5 Å². The van der Waals surface area contributed by atoms with E-state index >= 15 is 0 Å². The average molecular weight is 262 g/mol. The van der Waals surface area contributed by atoms with Crippen molar-refractivity contribution in [3.05, 3.63) is 29.8 Å². The van der Waals surface area contributed by atoms with Gasteiger partial charge in [-0.15, -0.1) is 0 Å². The third-order valence-electron chi connectivity index (χ3n) is 3.56. The summed E-state index contributed by atoms with van der Waals surface area (Å²) in [4.78, 5) is 11.6. The first kappa shape index (κ1) is 13.7. The van der Waals surface area contributed by atoms with Crippen LogP contribution in [0.5, 0.6) is 5.75 Å². The topological polar surface area (TPSA) is 50.4 Å². The summed E-state index contributed by atoms with van der Waals surface area (Å²) in [5, 5.41) is 5.81. The van der Waals surface area contributed by atoms with Gasteiger partial charge in [0.2, 0.25) is 0 Å². The molecule has 0 unspecified atom stereocenters. The molecule has 1 aliphatic carbocycles. The summed E-state index contributed by atoms with van der Waals surface area (Å²) in [5.41, 5.74) is 1.40. The highest BCUT2D eigenvalue weighted by Crippen LogP contribution is 2.47. The van der Waals surface area contributed by atoms with E-state index in [1.807, 2.05) is 26.0 Å². The molecule has 0 bridgehead atoms. The van der Waals surface area contributed by atoms with Gasteiger partial charge in [-0.25, -0.2) is 4.79 Å². The van der Waals surface area contributed by atoms with Gasteiger partial charge >= 0.3 is 6.03 Å². The van der Waals surface area contributed by atoms with E-state index in [2.05, 4.69) is 22.8 Å². The Balaban J connectivity index is 1.93. The molecule has 1 saturated carbocycles. The second-order valence-corrected chi connectivity index (χ2v) is 5.49. The molecule has 2 amide bonds. The zero-order valence-corrected chi connectivity index (χ0v) is 11.8. The SMILES string of the molecule is COc1ccc(C2(CNC(=O)NC(C)C)CC2)cc1. The predicted molar refractivity (Wildman–Crippen MR) is 75.6 cm³/mol. The van der Waals surface area contributed by atoms with Crippen molar-refractivity contribution in [2.75, 3.05) is 13.7 Å². The van der Waals surface area contributed by atoms with E-state index < -0.39 is 0 Å². The van der Waals surface area contributed by atoms with Crippen molar-refractivity contribution in [1.82, 2.24) is 10.6 Å². The lowest BCUT2D eigenvalue weighted by Gasteiger charge is -2.18. The monoisotopic (exact) mass is 262 g/mol. The standard InChI is InChI=1S/C15H22N2O2/c1-11(2)17-14(18)16-10-15(8-9-15)12-4-6-13(19-3)7-5-12/h4-7,11H,8-10H2,1-3H3,(H2,16,17,18). The molecule has 2 N–H and O–H groups in total. The zero-order valence-electron chi connectivity index (χ0n) is 11.8. The summed E-state index contributed by atoms with van der Waals surface area (Å²) >= 11 is 0. The van der Waals surface area contributed by atoms with Crippen molar-refractivity contribution < 1.29 is 9.53 Å². The first-order valence-corrected chi connectivity index (χ1v) is 6.75. The molecule has 19 heavy (non-hydrogen) atoms. The molecule has 0 spiro atoms. The van der Waals surface area contributed by atoms with Crippen LogP contribution < -0.4 is 15.4 Å². The predicted octanol–water partition coefficient (Wildman–Crippen LogP) is 2.43. The Kier molecular flexibility index (Phi) is 3.98. The van der Waals surface area contributed by atoms with Gasteiger partial charge in [0, 0.05) is 18.0 Å². The Morgan fingerprint density at radius 1 is 1.32 bits per heavy atom. The number of amides is 2. The second-order valence-electron chi connectivity index (χ2n) is 5.49. The van der Waals surface area contributed by atoms with Crippen molar-refractivity contribution >= 4 is 6.03 Å². The number of carbonyl (C=O) groups is 1. The van der Waals surface area contributed by atoms with E-state index in [4.69, 9.17) is 4.74 Å². The van der Waals surface area contributed by atoms with Crippen molar-refractivity contribution in [3.63, 3.8) is 0 Å². The van der Waals surface area contributed by atoms with Crippen LogP contribution in [0.1, 0.15) is 32.3 Å². The summed E-state index contributed by atoms with van der Waals surface area (Å²) in [7, 11) is 1.67. The Morgan fingerprint density at radius 2 is 1.95 bits per heavy atom. The van der Waals surface area contributed by atoms with E-state index in [0.29, 0.717) is 6.54 Å². The molecular formula is C15H22N2O2. The highest BCUT2D eigenvalue weighted by atomic mass is 16.5. The van der Waals surface area contributed by atoms with Gasteiger partial charge < -0.3 is 15.4 Å². The molecule has 0 saturated heterocycles. The van der Waals surface area contributed by atoms with Crippen LogP contribution in [0.3, 0.4) is 0 Å². The number of ether oxygens (including phenoxy) is 1. The van der Waals surface area contributed by atoms with Crippen LogP contribution in [-0.2, 0) is 5.41 Å². The minimum absolute atomic E-state index is 0.0882. The van der Waals surface area contributed by atoms with Crippen LogP contribution in [0, 0.1) is 0 Å². The fourth-order valence-corrected chi connectivity index (χ4v) is 2.23. The molecule has 1 aromatic carbocycles. The smallest absolute Gasteiger partial charge is 0.315 e. The number of urea groups is 1. The number of rotatable bonds is 5. The van der Waals surface area contributed by atoms with Gasteiger partial charge in [0.1, 0.15) is 5.75 Å². The maximum absolute atomic E-state index is 11.6. The largest absolute Gasteiger partial charge is 0.497 e. The first-order valence-electron chi connectivity index (χ1n) is 6.75. The van der Waals surface area contributed by atoms with E-state index in [1.54, 1.807) is 7.11 Å². The molecule has 4 heteroatoms. The molecule has 4 nitrogen and oxygen atoms in total. The van der Waals surface area contributed by atoms with E-state index in [9.17, 15) is 4.79 Å². The Bertz CT molecular complexity index is 436. The summed E-state index contributed by atoms with van der Waals surface area (Å²) in [6.07, 6.45) is 2.25. The molecule has 1 fully saturated rings. The molecule has 104 valence electrons. The lowest BCUT2D eigenvalue weighted by atomic mass is 9.96. The number of hydrogen-bond donors (Lipinski definition) is 2. The van der Waals surface area contributed by atoms with Crippen LogP contribution in [-0.4, -0.2) is 25.7 Å². The number of methoxy groups -OCH3 is 1. The number of carbonyl (C=O) groups excluding carboxylic acids is 1. The number of benzene rings is 1. The van der Waals surface area contributed by atoms with Crippen molar-refractivity contribution in [1.29, 1.82) is 0 Å². The van der Waals surface area contributed by atoms with Crippen LogP contribution in [0.25, 0.3) is 0 Å². The van der Waals surface area contributed by atoms with Gasteiger partial charge in [-0.05, 0) is 44.4 Å². The fourth-order valence-electron chi connectivity index (χ4n) is 2.23. The molecule has 0 aromatic heterocycles. The first-order chi connectivity index (χ1) is 9.05. The summed E-state index contributed by atoms with van der Waals surface area (Å²) in [5.74, 6) is 0.866. The van der Waals surface area contributed by atoms with Crippen molar-refractivity contribution in [2.24, 2.45) is 0 Å². The van der Waals surface area contributed by atoms with Crippen LogP contribution in [0.2, 0.25) is 0 Å². The molecular weight excluding hydrogens is 240 g/mol. The molecule has 1 aromatic rings. The van der Waals surface area contributed by atoms with Gasteiger partial charge in [0.25, 0.3) is 0 Å². The van der Waals surface area contributed by atoms with E-state index in [0.717, 1.165) is 18.6 Å². The molecule has 0 heterocycles. The summed E-state index contributed by atoms with van der Waals surface area (Å²) in [6.45, 7) is 4.60. The summed E-state index contributed by atoms with van der Waals surface area (Å²) in [6, 6.07) is 8.21. The summed E-state index contributed by atoms with van der Waals surface area (Å²) < 4.78 is 5.16. The third kappa shape index (κ3) is 3.40. The molecule has 0 aliphatic heterocycles. The van der Waals surface area contributed by atoms with Crippen LogP contribution in [0.4, 0.5) is 4.79 Å².